The number of alkyl halides is 1. The minimum atomic E-state index is -1.61. The van der Waals surface area contributed by atoms with Gasteiger partial charge < -0.3 is 14.4 Å². The van der Waals surface area contributed by atoms with Crippen molar-refractivity contribution in [1.29, 1.82) is 0 Å². The highest BCUT2D eigenvalue weighted by molar-refractivity contribution is 6.37. The molecule has 3 amide bonds. The van der Waals surface area contributed by atoms with Crippen LogP contribution in [0.1, 0.15) is 0 Å². The summed E-state index contributed by atoms with van der Waals surface area (Å²) in [6.07, 6.45) is 7.02. The van der Waals surface area contributed by atoms with E-state index in [9.17, 15) is 9.59 Å². The van der Waals surface area contributed by atoms with Gasteiger partial charge in [0.2, 0.25) is 22.7 Å². The van der Waals surface area contributed by atoms with Crippen molar-refractivity contribution in [1.82, 2.24) is 20.2 Å². The quantitative estimate of drug-likeness (QED) is 0.589. The summed E-state index contributed by atoms with van der Waals surface area (Å²) in [7, 11) is 2.81. The number of amides is 3. The van der Waals surface area contributed by atoms with Gasteiger partial charge >= 0.3 is 6.03 Å². The molecule has 2 N–H and O–H groups in total. The Kier molecular flexibility index (Phi) is 4.76. The van der Waals surface area contributed by atoms with Crippen LogP contribution in [0.15, 0.2) is 35.5 Å². The third-order valence-electron chi connectivity index (χ3n) is 3.49. The molecule has 0 aliphatic carbocycles. The van der Waals surface area contributed by atoms with Crippen LogP contribution < -0.4 is 20.1 Å². The SMILES string of the molecule is COc1cc(OC)nc(NC(=O)NC(=O)C2(Cl)CN3C=CC=CC3=N2)n1. The molecular formula is C15H15ClN6O4. The molecule has 1 aromatic heterocycles. The highest BCUT2D eigenvalue weighted by Crippen LogP contribution is 2.28. The number of hydrogen-bond acceptors (Lipinski definition) is 8. The predicted octanol–water partition coefficient (Wildman–Crippen LogP) is 0.875. The number of carbonyl (C=O) groups excluding carboxylic acids is 2. The molecule has 3 heterocycles. The average Bonchev–Trinajstić information content (AvgIpc) is 2.98. The Bertz CT molecular complexity index is 817. The molecule has 0 fully saturated rings. The fourth-order valence-electron chi connectivity index (χ4n) is 2.27. The lowest BCUT2D eigenvalue weighted by atomic mass is 10.2. The molecule has 1 unspecified atom stereocenters. The maximum Gasteiger partial charge on any atom is 0.328 e. The van der Waals surface area contributed by atoms with Crippen LogP contribution in [0.25, 0.3) is 0 Å². The molecule has 3 rings (SSSR count). The summed E-state index contributed by atoms with van der Waals surface area (Å²) in [5.41, 5.74) is 0. The molecule has 26 heavy (non-hydrogen) atoms. The van der Waals surface area contributed by atoms with Crippen LogP contribution in [0.4, 0.5) is 10.7 Å². The second-order valence-electron chi connectivity index (χ2n) is 5.24. The molecule has 0 radical (unpaired) electrons. The van der Waals surface area contributed by atoms with Crippen molar-refractivity contribution in [3.8, 4) is 11.8 Å². The first-order valence-corrected chi connectivity index (χ1v) is 7.81. The van der Waals surface area contributed by atoms with Crippen molar-refractivity contribution < 1.29 is 19.1 Å². The number of rotatable bonds is 4. The smallest absolute Gasteiger partial charge is 0.328 e. The van der Waals surface area contributed by atoms with Gasteiger partial charge in [0.1, 0.15) is 5.84 Å². The molecule has 10 nitrogen and oxygen atoms in total. The summed E-state index contributed by atoms with van der Waals surface area (Å²) >= 11 is 6.28. The molecule has 1 aromatic rings. The zero-order chi connectivity index (χ0) is 18.7. The van der Waals surface area contributed by atoms with Gasteiger partial charge in [0, 0.05) is 6.20 Å². The lowest BCUT2D eigenvalue weighted by Gasteiger charge is -2.19. The van der Waals surface area contributed by atoms with E-state index in [2.05, 4.69) is 25.6 Å². The summed E-state index contributed by atoms with van der Waals surface area (Å²) in [4.78, 5) is 36.6. The number of nitrogens with one attached hydrogen (secondary N) is 2. The van der Waals surface area contributed by atoms with E-state index in [4.69, 9.17) is 21.1 Å². The molecule has 0 spiro atoms. The van der Waals surface area contributed by atoms with E-state index < -0.39 is 16.9 Å². The minimum absolute atomic E-state index is 0.101. The molecule has 0 saturated carbocycles. The molecule has 2 aliphatic rings. The van der Waals surface area contributed by atoms with Crippen LogP contribution in [0.5, 0.6) is 11.8 Å². The monoisotopic (exact) mass is 378 g/mol. The van der Waals surface area contributed by atoms with E-state index in [1.165, 1.54) is 20.3 Å². The molecule has 136 valence electrons. The van der Waals surface area contributed by atoms with Crippen LogP contribution in [0.3, 0.4) is 0 Å². The predicted molar refractivity (Wildman–Crippen MR) is 93.3 cm³/mol. The number of fused-ring (bicyclic) bond motifs is 1. The lowest BCUT2D eigenvalue weighted by Crippen LogP contribution is -2.48. The van der Waals surface area contributed by atoms with Crippen LogP contribution in [-0.2, 0) is 4.79 Å². The van der Waals surface area contributed by atoms with Gasteiger partial charge in [-0.05, 0) is 12.2 Å². The van der Waals surface area contributed by atoms with Gasteiger partial charge in [0.15, 0.2) is 0 Å². The first kappa shape index (κ1) is 17.7. The lowest BCUT2D eigenvalue weighted by molar-refractivity contribution is -0.122. The fraction of sp³-hybridized carbons (Fsp3) is 0.267. The molecule has 0 aromatic carbocycles. The van der Waals surface area contributed by atoms with E-state index in [0.29, 0.717) is 5.84 Å². The third kappa shape index (κ3) is 3.59. The van der Waals surface area contributed by atoms with Crippen LogP contribution in [-0.4, -0.2) is 58.4 Å². The minimum Gasteiger partial charge on any atom is -0.481 e. The first-order valence-electron chi connectivity index (χ1n) is 7.43. The number of nitrogens with zero attached hydrogens (tertiary/aromatic N) is 4. The summed E-state index contributed by atoms with van der Waals surface area (Å²) in [5, 5.41) is 4.45. The van der Waals surface area contributed by atoms with Gasteiger partial charge in [-0.25, -0.2) is 9.79 Å². The number of imide groups is 1. The number of aliphatic imine (C=N–C) groups is 1. The van der Waals surface area contributed by atoms with E-state index in [-0.39, 0.29) is 24.3 Å². The zero-order valence-electron chi connectivity index (χ0n) is 13.9. The molecule has 11 heteroatoms. The number of amidine groups is 1. The number of ether oxygens (including phenoxy) is 2. The van der Waals surface area contributed by atoms with Crippen molar-refractivity contribution in [2.75, 3.05) is 26.1 Å². The Hall–Kier alpha value is -3.14. The van der Waals surface area contributed by atoms with Gasteiger partial charge in [-0.2, -0.15) is 9.97 Å². The third-order valence-corrected chi connectivity index (χ3v) is 3.86. The molecule has 2 aliphatic heterocycles. The van der Waals surface area contributed by atoms with Crippen LogP contribution in [0, 0.1) is 0 Å². The standard InChI is InChI=1S/C15H15ClN6O4/c1-25-10-7-11(26-2)18-13(17-10)20-14(24)19-12(23)15(16)8-22-6-4-3-5-9(22)21-15/h3-7H,8H2,1-2H3,(H2,17,18,19,20,23,24). The maximum absolute atomic E-state index is 12.4. The van der Waals surface area contributed by atoms with Gasteiger partial charge in [0.25, 0.3) is 5.91 Å². The molecule has 0 saturated heterocycles. The second kappa shape index (κ2) is 7.00. The van der Waals surface area contributed by atoms with Crippen molar-refractivity contribution >= 4 is 35.3 Å². The van der Waals surface area contributed by atoms with E-state index >= 15 is 0 Å². The average molecular weight is 379 g/mol. The zero-order valence-corrected chi connectivity index (χ0v) is 14.6. The Morgan fingerprint density at radius 1 is 1.23 bits per heavy atom. The maximum atomic E-state index is 12.4. The van der Waals surface area contributed by atoms with Gasteiger partial charge in [-0.1, -0.05) is 17.7 Å². The van der Waals surface area contributed by atoms with Crippen LogP contribution >= 0.6 is 11.6 Å². The highest BCUT2D eigenvalue weighted by Gasteiger charge is 2.44. The number of allylic oxidation sites excluding steroid dienone is 2. The van der Waals surface area contributed by atoms with Crippen LogP contribution in [0.2, 0.25) is 0 Å². The number of halogens is 1. The van der Waals surface area contributed by atoms with Crippen molar-refractivity contribution in [3.63, 3.8) is 0 Å². The Morgan fingerprint density at radius 2 is 1.92 bits per heavy atom. The Labute approximate surface area is 153 Å². The van der Waals surface area contributed by atoms with Gasteiger partial charge in [-0.3, -0.25) is 15.4 Å². The normalized spacial score (nSPS) is 20.3. The molecule has 1 atom stereocenters. The largest absolute Gasteiger partial charge is 0.481 e. The highest BCUT2D eigenvalue weighted by atomic mass is 35.5. The van der Waals surface area contributed by atoms with Crippen molar-refractivity contribution in [2.45, 2.75) is 5.00 Å². The van der Waals surface area contributed by atoms with Crippen molar-refractivity contribution in [2.24, 2.45) is 4.99 Å². The van der Waals surface area contributed by atoms with Crippen molar-refractivity contribution in [3.05, 3.63) is 30.5 Å². The fourth-order valence-corrected chi connectivity index (χ4v) is 2.53. The number of hydrogen-bond donors (Lipinski definition) is 2. The van der Waals surface area contributed by atoms with Gasteiger partial charge in [-0.15, -0.1) is 0 Å². The molecule has 0 bridgehead atoms. The Balaban J connectivity index is 1.67. The second-order valence-corrected chi connectivity index (χ2v) is 5.87. The van der Waals surface area contributed by atoms with E-state index in [0.717, 1.165) is 0 Å². The number of anilines is 1. The summed E-state index contributed by atoms with van der Waals surface area (Å²) in [5.74, 6) is 0.0418. The summed E-state index contributed by atoms with van der Waals surface area (Å²) < 4.78 is 9.97. The Morgan fingerprint density at radius 3 is 2.54 bits per heavy atom. The van der Waals surface area contributed by atoms with Gasteiger partial charge in [0.05, 0.1) is 26.8 Å². The molecular weight excluding hydrogens is 364 g/mol. The summed E-state index contributed by atoms with van der Waals surface area (Å²) in [6, 6.07) is 0.579. The number of aromatic nitrogens is 2. The van der Waals surface area contributed by atoms with E-state index in [1.54, 1.807) is 29.3 Å². The topological polar surface area (TPSA) is 118 Å². The first-order chi connectivity index (χ1) is 12.4. The summed E-state index contributed by atoms with van der Waals surface area (Å²) in [6.45, 7) is 0.104. The number of urea groups is 1. The van der Waals surface area contributed by atoms with E-state index in [1.807, 2.05) is 0 Å². The number of methoxy groups -OCH3 is 2. The number of carbonyl (C=O) groups is 2.